The number of hydrogen-bond acceptors (Lipinski definition) is 3. The van der Waals surface area contributed by atoms with E-state index in [0.717, 1.165) is 6.07 Å². The van der Waals surface area contributed by atoms with Gasteiger partial charge in [0, 0.05) is 17.5 Å². The molecule has 0 bridgehead atoms. The fourth-order valence-corrected chi connectivity index (χ4v) is 2.16. The van der Waals surface area contributed by atoms with Gasteiger partial charge in [-0.1, -0.05) is 0 Å². The van der Waals surface area contributed by atoms with E-state index in [1.165, 1.54) is 18.2 Å². The summed E-state index contributed by atoms with van der Waals surface area (Å²) in [5, 5.41) is 0.527. The number of aryl methyl sites for hydroxylation is 1. The van der Waals surface area contributed by atoms with Crippen molar-refractivity contribution >= 4 is 11.0 Å². The quantitative estimate of drug-likeness (QED) is 0.296. The Labute approximate surface area is 130 Å². The summed E-state index contributed by atoms with van der Waals surface area (Å²) >= 11 is 0. The predicted octanol–water partition coefficient (Wildman–Crippen LogP) is 4.59. The van der Waals surface area contributed by atoms with Gasteiger partial charge in [0.15, 0.2) is 0 Å². The molecule has 0 spiro atoms. The molecule has 8 heteroatoms. The molecule has 0 saturated heterocycles. The first-order chi connectivity index (χ1) is 11.3. The van der Waals surface area contributed by atoms with Gasteiger partial charge in [-0.3, -0.25) is 0 Å². The molecular weight excluding hydrogens is 335 g/mol. The molecule has 124 valence electrons. The van der Waals surface area contributed by atoms with Crippen LogP contribution in [-0.2, 0) is 0 Å². The molecule has 3 aromatic rings. The molecule has 0 aliphatic rings. The van der Waals surface area contributed by atoms with E-state index in [1.807, 2.05) is 0 Å². The standard InChI is InChI=1S/C16H7F5O3/c1-6-4-10(22)24-9-5-7(2-3-8(6)9)23-16-14(20)12(18)11(17)13(19)15(16)21/h2-5H,1H3. The maximum atomic E-state index is 13.6. The second-order valence-corrected chi connectivity index (χ2v) is 4.91. The van der Waals surface area contributed by atoms with E-state index in [-0.39, 0.29) is 11.3 Å². The fraction of sp³-hybridized carbons (Fsp3) is 0.0625. The zero-order valence-electron chi connectivity index (χ0n) is 11.9. The first-order valence-electron chi connectivity index (χ1n) is 6.53. The number of hydrogen-bond donors (Lipinski definition) is 0. The largest absolute Gasteiger partial charge is 0.451 e. The van der Waals surface area contributed by atoms with Crippen molar-refractivity contribution in [1.29, 1.82) is 0 Å². The van der Waals surface area contributed by atoms with Crippen molar-refractivity contribution in [3.8, 4) is 11.5 Å². The maximum absolute atomic E-state index is 13.6. The minimum Gasteiger partial charge on any atom is -0.451 e. The van der Waals surface area contributed by atoms with Crippen molar-refractivity contribution in [2.24, 2.45) is 0 Å². The number of halogens is 5. The summed E-state index contributed by atoms with van der Waals surface area (Å²) in [7, 11) is 0. The normalized spacial score (nSPS) is 11.1. The topological polar surface area (TPSA) is 39.4 Å². The second-order valence-electron chi connectivity index (χ2n) is 4.91. The zero-order chi connectivity index (χ0) is 17.6. The van der Waals surface area contributed by atoms with Crippen LogP contribution in [0.5, 0.6) is 11.5 Å². The lowest BCUT2D eigenvalue weighted by Crippen LogP contribution is -2.04. The summed E-state index contributed by atoms with van der Waals surface area (Å²) < 4.78 is 76.3. The summed E-state index contributed by atoms with van der Waals surface area (Å²) in [5.41, 5.74) is -0.0289. The summed E-state index contributed by atoms with van der Waals surface area (Å²) in [6, 6.07) is 5.02. The van der Waals surface area contributed by atoms with Crippen molar-refractivity contribution in [3.05, 3.63) is 69.3 Å². The van der Waals surface area contributed by atoms with Gasteiger partial charge in [-0.2, -0.15) is 8.78 Å². The number of benzene rings is 2. The number of fused-ring (bicyclic) bond motifs is 1. The molecule has 0 atom stereocenters. The maximum Gasteiger partial charge on any atom is 0.336 e. The van der Waals surface area contributed by atoms with Gasteiger partial charge in [0.2, 0.25) is 34.8 Å². The summed E-state index contributed by atoms with van der Waals surface area (Å²) in [4.78, 5) is 11.3. The van der Waals surface area contributed by atoms with Gasteiger partial charge in [-0.05, 0) is 24.6 Å². The predicted molar refractivity (Wildman–Crippen MR) is 73.5 cm³/mol. The van der Waals surface area contributed by atoms with Crippen molar-refractivity contribution in [1.82, 2.24) is 0 Å². The Balaban J connectivity index is 2.13. The van der Waals surface area contributed by atoms with Gasteiger partial charge in [-0.15, -0.1) is 0 Å². The minimum absolute atomic E-state index is 0.0429. The highest BCUT2D eigenvalue weighted by Crippen LogP contribution is 2.33. The van der Waals surface area contributed by atoms with E-state index in [2.05, 4.69) is 0 Å². The molecule has 1 heterocycles. The molecule has 0 amide bonds. The average molecular weight is 342 g/mol. The minimum atomic E-state index is -2.28. The zero-order valence-corrected chi connectivity index (χ0v) is 11.9. The Morgan fingerprint density at radius 1 is 0.875 bits per heavy atom. The molecule has 3 rings (SSSR count). The van der Waals surface area contributed by atoms with E-state index in [4.69, 9.17) is 9.15 Å². The van der Waals surface area contributed by atoms with Crippen LogP contribution >= 0.6 is 0 Å². The molecule has 0 saturated carbocycles. The highest BCUT2D eigenvalue weighted by molar-refractivity contribution is 5.81. The van der Waals surface area contributed by atoms with Gasteiger partial charge in [0.05, 0.1) is 0 Å². The molecule has 1 aromatic heterocycles. The summed E-state index contributed by atoms with van der Waals surface area (Å²) in [6.45, 7) is 1.64. The Morgan fingerprint density at radius 2 is 1.46 bits per heavy atom. The highest BCUT2D eigenvalue weighted by Gasteiger charge is 2.27. The third-order valence-electron chi connectivity index (χ3n) is 3.31. The van der Waals surface area contributed by atoms with Crippen LogP contribution in [0.15, 0.2) is 33.5 Å². The summed E-state index contributed by atoms with van der Waals surface area (Å²) in [6.07, 6.45) is 0. The number of rotatable bonds is 2. The molecule has 0 unspecified atom stereocenters. The van der Waals surface area contributed by atoms with Gasteiger partial charge in [0.25, 0.3) is 0 Å². The lowest BCUT2D eigenvalue weighted by molar-refractivity contribution is 0.332. The second kappa shape index (κ2) is 5.63. The molecule has 3 nitrogen and oxygen atoms in total. The van der Waals surface area contributed by atoms with Crippen LogP contribution in [0.2, 0.25) is 0 Å². The first kappa shape index (κ1) is 16.0. The van der Waals surface area contributed by atoms with Crippen LogP contribution in [0.25, 0.3) is 11.0 Å². The van der Waals surface area contributed by atoms with E-state index < -0.39 is 40.5 Å². The molecule has 24 heavy (non-hydrogen) atoms. The van der Waals surface area contributed by atoms with Gasteiger partial charge < -0.3 is 9.15 Å². The third-order valence-corrected chi connectivity index (χ3v) is 3.31. The first-order valence-corrected chi connectivity index (χ1v) is 6.53. The van der Waals surface area contributed by atoms with Gasteiger partial charge in [-0.25, -0.2) is 18.0 Å². The van der Waals surface area contributed by atoms with Crippen molar-refractivity contribution < 1.29 is 31.1 Å². The van der Waals surface area contributed by atoms with Crippen LogP contribution in [0.3, 0.4) is 0 Å². The van der Waals surface area contributed by atoms with E-state index in [1.54, 1.807) is 6.92 Å². The van der Waals surface area contributed by atoms with Gasteiger partial charge in [0.1, 0.15) is 11.3 Å². The molecule has 0 aliphatic heterocycles. The Morgan fingerprint density at radius 3 is 2.08 bits per heavy atom. The lowest BCUT2D eigenvalue weighted by atomic mass is 10.1. The molecule has 0 aliphatic carbocycles. The van der Waals surface area contributed by atoms with Crippen LogP contribution in [0, 0.1) is 36.0 Å². The third kappa shape index (κ3) is 2.49. The Kier molecular flexibility index (Phi) is 3.75. The smallest absolute Gasteiger partial charge is 0.336 e. The van der Waals surface area contributed by atoms with Crippen LogP contribution < -0.4 is 10.4 Å². The summed E-state index contributed by atoms with van der Waals surface area (Å²) in [5.74, 6) is -12.4. The molecule has 2 aromatic carbocycles. The molecule has 0 fully saturated rings. The molecule has 0 radical (unpaired) electrons. The highest BCUT2D eigenvalue weighted by atomic mass is 19.2. The average Bonchev–Trinajstić information content (AvgIpc) is 2.54. The van der Waals surface area contributed by atoms with E-state index >= 15 is 0 Å². The van der Waals surface area contributed by atoms with Crippen LogP contribution in [0.1, 0.15) is 5.56 Å². The SMILES string of the molecule is Cc1cc(=O)oc2cc(Oc3c(F)c(F)c(F)c(F)c3F)ccc12. The van der Waals surface area contributed by atoms with Gasteiger partial charge >= 0.3 is 5.63 Å². The Hall–Kier alpha value is -2.90. The monoisotopic (exact) mass is 342 g/mol. The van der Waals surface area contributed by atoms with Crippen molar-refractivity contribution in [2.75, 3.05) is 0 Å². The van der Waals surface area contributed by atoms with E-state index in [0.29, 0.717) is 10.9 Å². The molecule has 0 N–H and O–H groups in total. The number of ether oxygens (including phenoxy) is 1. The van der Waals surface area contributed by atoms with Crippen LogP contribution in [-0.4, -0.2) is 0 Å². The van der Waals surface area contributed by atoms with E-state index in [9.17, 15) is 26.7 Å². The lowest BCUT2D eigenvalue weighted by Gasteiger charge is -2.10. The van der Waals surface area contributed by atoms with Crippen molar-refractivity contribution in [2.45, 2.75) is 6.92 Å². The van der Waals surface area contributed by atoms with Crippen LogP contribution in [0.4, 0.5) is 22.0 Å². The Bertz CT molecular complexity index is 997. The fourth-order valence-electron chi connectivity index (χ4n) is 2.16. The van der Waals surface area contributed by atoms with Crippen molar-refractivity contribution in [3.63, 3.8) is 0 Å². The molecular formula is C16H7F5O3.